The van der Waals surface area contributed by atoms with E-state index in [4.69, 9.17) is 11.6 Å². The van der Waals surface area contributed by atoms with Gasteiger partial charge in [-0.25, -0.2) is 4.79 Å². The van der Waals surface area contributed by atoms with E-state index in [-0.39, 0.29) is 23.9 Å². The summed E-state index contributed by atoms with van der Waals surface area (Å²) in [5.74, 6) is -0.156. The molecule has 2 heterocycles. The van der Waals surface area contributed by atoms with E-state index >= 15 is 0 Å². The molecule has 4 amide bonds. The summed E-state index contributed by atoms with van der Waals surface area (Å²) in [4.78, 5) is 40.9. The van der Waals surface area contributed by atoms with Crippen LogP contribution in [-0.2, 0) is 4.79 Å². The third kappa shape index (κ3) is 4.53. The lowest BCUT2D eigenvalue weighted by Crippen LogP contribution is -2.48. The van der Waals surface area contributed by atoms with Crippen LogP contribution in [0.2, 0.25) is 5.02 Å². The Kier molecular flexibility index (Phi) is 5.60. The van der Waals surface area contributed by atoms with Gasteiger partial charge in [0.05, 0.1) is 0 Å². The van der Waals surface area contributed by atoms with Crippen molar-refractivity contribution in [3.05, 3.63) is 34.9 Å². The minimum atomic E-state index is -0.468. The maximum Gasteiger partial charge on any atom is 0.317 e. The molecule has 0 bridgehead atoms. The van der Waals surface area contributed by atoms with Crippen molar-refractivity contribution in [3.8, 4) is 0 Å². The molecular formula is C19H25ClN4O3. The van der Waals surface area contributed by atoms with Crippen LogP contribution in [0.1, 0.15) is 30.6 Å². The first-order valence-electron chi connectivity index (χ1n) is 9.15. The van der Waals surface area contributed by atoms with E-state index in [1.807, 2.05) is 13.8 Å². The molecule has 0 saturated carbocycles. The van der Waals surface area contributed by atoms with Crippen molar-refractivity contribution in [1.29, 1.82) is 0 Å². The Balaban J connectivity index is 1.82. The zero-order valence-corrected chi connectivity index (χ0v) is 16.4. The number of rotatable bonds is 2. The SMILES string of the molecule is CC(C)NC(=O)N1CCN(C(=O)c2ccc(Cl)cc2)CC2(CNC(=O)C2)C1. The normalized spacial score (nSPS) is 22.7. The number of nitrogens with one attached hydrogen (secondary N) is 2. The summed E-state index contributed by atoms with van der Waals surface area (Å²) >= 11 is 5.92. The minimum Gasteiger partial charge on any atom is -0.355 e. The highest BCUT2D eigenvalue weighted by atomic mass is 35.5. The van der Waals surface area contributed by atoms with E-state index in [1.54, 1.807) is 34.1 Å². The van der Waals surface area contributed by atoms with Crippen molar-refractivity contribution in [2.75, 3.05) is 32.7 Å². The molecule has 2 saturated heterocycles. The van der Waals surface area contributed by atoms with Crippen molar-refractivity contribution in [1.82, 2.24) is 20.4 Å². The van der Waals surface area contributed by atoms with Crippen LogP contribution < -0.4 is 10.6 Å². The first-order valence-corrected chi connectivity index (χ1v) is 9.53. The van der Waals surface area contributed by atoms with Crippen molar-refractivity contribution < 1.29 is 14.4 Å². The second kappa shape index (κ2) is 7.76. The fourth-order valence-corrected chi connectivity index (χ4v) is 3.82. The molecule has 1 aromatic carbocycles. The Morgan fingerprint density at radius 3 is 2.37 bits per heavy atom. The van der Waals surface area contributed by atoms with E-state index in [1.165, 1.54) is 0 Å². The number of urea groups is 1. The lowest BCUT2D eigenvalue weighted by atomic mass is 9.86. The van der Waals surface area contributed by atoms with Gasteiger partial charge in [-0.05, 0) is 38.1 Å². The Morgan fingerprint density at radius 1 is 1.15 bits per heavy atom. The van der Waals surface area contributed by atoms with Crippen molar-refractivity contribution >= 4 is 29.4 Å². The van der Waals surface area contributed by atoms with Crippen molar-refractivity contribution in [2.24, 2.45) is 5.41 Å². The standard InChI is InChI=1S/C19H25ClN4O3/c1-13(2)22-18(27)24-8-7-23(11-19(12-24)9-16(25)21-10-19)17(26)14-3-5-15(20)6-4-14/h3-6,13H,7-12H2,1-2H3,(H,21,25)(H,22,27). The quantitative estimate of drug-likeness (QED) is 0.804. The third-order valence-corrected chi connectivity index (χ3v) is 5.22. The van der Waals surface area contributed by atoms with Gasteiger partial charge < -0.3 is 20.4 Å². The topological polar surface area (TPSA) is 81.8 Å². The molecule has 3 rings (SSSR count). The van der Waals surface area contributed by atoms with Gasteiger partial charge >= 0.3 is 6.03 Å². The van der Waals surface area contributed by atoms with Gasteiger partial charge in [0.15, 0.2) is 0 Å². The van der Waals surface area contributed by atoms with Gasteiger partial charge in [0.1, 0.15) is 0 Å². The van der Waals surface area contributed by atoms with E-state index in [0.29, 0.717) is 49.7 Å². The number of carbonyl (C=O) groups excluding carboxylic acids is 3. The van der Waals surface area contributed by atoms with E-state index in [9.17, 15) is 14.4 Å². The number of amides is 4. The second-order valence-corrected chi connectivity index (χ2v) is 8.15. The van der Waals surface area contributed by atoms with E-state index < -0.39 is 5.41 Å². The summed E-state index contributed by atoms with van der Waals surface area (Å²) in [6, 6.07) is 6.63. The molecule has 146 valence electrons. The number of benzene rings is 1. The average molecular weight is 393 g/mol. The van der Waals surface area contributed by atoms with Gasteiger partial charge in [-0.15, -0.1) is 0 Å². The summed E-state index contributed by atoms with van der Waals surface area (Å²) in [7, 11) is 0. The monoisotopic (exact) mass is 392 g/mol. The van der Waals surface area contributed by atoms with E-state index in [0.717, 1.165) is 0 Å². The van der Waals surface area contributed by atoms with E-state index in [2.05, 4.69) is 10.6 Å². The lowest BCUT2D eigenvalue weighted by molar-refractivity contribution is -0.119. The largest absolute Gasteiger partial charge is 0.355 e. The molecule has 1 spiro atoms. The molecule has 0 aliphatic carbocycles. The molecule has 1 unspecified atom stereocenters. The first-order chi connectivity index (χ1) is 12.8. The summed E-state index contributed by atoms with van der Waals surface area (Å²) < 4.78 is 0. The summed E-state index contributed by atoms with van der Waals surface area (Å²) in [6.45, 7) is 5.98. The van der Waals surface area contributed by atoms with Crippen LogP contribution in [0.3, 0.4) is 0 Å². The molecule has 0 aromatic heterocycles. The zero-order valence-electron chi connectivity index (χ0n) is 15.6. The van der Waals surface area contributed by atoms with Crippen LogP contribution in [-0.4, -0.2) is 66.4 Å². The van der Waals surface area contributed by atoms with Gasteiger partial charge in [-0.1, -0.05) is 11.6 Å². The van der Waals surface area contributed by atoms with Crippen LogP contribution in [0.4, 0.5) is 4.79 Å². The highest BCUT2D eigenvalue weighted by Crippen LogP contribution is 2.31. The molecule has 2 N–H and O–H groups in total. The van der Waals surface area contributed by atoms with Gasteiger partial charge in [0.2, 0.25) is 5.91 Å². The van der Waals surface area contributed by atoms with Crippen molar-refractivity contribution in [3.63, 3.8) is 0 Å². The zero-order chi connectivity index (χ0) is 19.6. The summed E-state index contributed by atoms with van der Waals surface area (Å²) in [6.07, 6.45) is 0.308. The molecule has 0 radical (unpaired) electrons. The molecule has 1 aromatic rings. The van der Waals surface area contributed by atoms with Gasteiger partial charge in [-0.2, -0.15) is 0 Å². The summed E-state index contributed by atoms with van der Waals surface area (Å²) in [5.41, 5.74) is 0.0798. The molecule has 7 nitrogen and oxygen atoms in total. The van der Waals surface area contributed by atoms with Crippen LogP contribution in [0.25, 0.3) is 0 Å². The maximum absolute atomic E-state index is 13.0. The van der Waals surface area contributed by atoms with Gasteiger partial charge in [0.25, 0.3) is 5.91 Å². The predicted molar refractivity (Wildman–Crippen MR) is 103 cm³/mol. The molecule has 2 aliphatic rings. The predicted octanol–water partition coefficient (Wildman–Crippen LogP) is 1.72. The Bertz CT molecular complexity index is 737. The number of halogens is 1. The minimum absolute atomic E-state index is 0.0202. The smallest absolute Gasteiger partial charge is 0.317 e. The van der Waals surface area contributed by atoms with Crippen molar-refractivity contribution in [2.45, 2.75) is 26.3 Å². The highest BCUT2D eigenvalue weighted by Gasteiger charge is 2.45. The number of nitrogens with zero attached hydrogens (tertiary/aromatic N) is 2. The molecule has 1 atom stereocenters. The molecule has 8 heteroatoms. The van der Waals surface area contributed by atoms with Gasteiger partial charge in [0, 0.05) is 61.2 Å². The second-order valence-electron chi connectivity index (χ2n) is 7.71. The third-order valence-electron chi connectivity index (χ3n) is 4.97. The van der Waals surface area contributed by atoms with Gasteiger partial charge in [-0.3, -0.25) is 9.59 Å². The maximum atomic E-state index is 13.0. The number of carbonyl (C=O) groups is 3. The summed E-state index contributed by atoms with van der Waals surface area (Å²) in [5, 5.41) is 6.34. The average Bonchev–Trinajstić information content (AvgIpc) is 2.85. The molecule has 27 heavy (non-hydrogen) atoms. The Morgan fingerprint density at radius 2 is 1.78 bits per heavy atom. The van der Waals surface area contributed by atoms with Crippen LogP contribution >= 0.6 is 11.6 Å². The van der Waals surface area contributed by atoms with Crippen LogP contribution in [0.15, 0.2) is 24.3 Å². The van der Waals surface area contributed by atoms with Crippen LogP contribution in [0, 0.1) is 5.41 Å². The number of hydrogen-bond acceptors (Lipinski definition) is 3. The molecule has 2 fully saturated rings. The Labute approximate surface area is 164 Å². The fourth-order valence-electron chi connectivity index (χ4n) is 3.69. The Hall–Kier alpha value is -2.28. The first kappa shape index (κ1) is 19.5. The molecule has 2 aliphatic heterocycles. The lowest BCUT2D eigenvalue weighted by Gasteiger charge is -2.33. The fraction of sp³-hybridized carbons (Fsp3) is 0.526. The molecular weight excluding hydrogens is 368 g/mol. The number of hydrogen-bond donors (Lipinski definition) is 2. The van der Waals surface area contributed by atoms with Crippen LogP contribution in [0.5, 0.6) is 0 Å². The highest BCUT2D eigenvalue weighted by molar-refractivity contribution is 6.30.